The second-order valence-electron chi connectivity index (χ2n) is 20.4. The van der Waals surface area contributed by atoms with Crippen LogP contribution >= 0.6 is 0 Å². The number of methoxy groups -OCH3 is 4. The number of rotatable bonds is 27. The van der Waals surface area contributed by atoms with Crippen LogP contribution in [-0.4, -0.2) is 130 Å². The molecule has 1 unspecified atom stereocenters. The van der Waals surface area contributed by atoms with Crippen LogP contribution in [0.15, 0.2) is 83.0 Å². The number of esters is 1. The number of carbonyl (C=O) groups excluding carboxylic acids is 8. The molecule has 0 aromatic heterocycles. The van der Waals surface area contributed by atoms with Gasteiger partial charge in [0.2, 0.25) is 23.3 Å². The topological polar surface area (TPSA) is 268 Å². The normalized spacial score (nSPS) is 16.5. The minimum atomic E-state index is -0.928. The van der Waals surface area contributed by atoms with Crippen LogP contribution in [0.25, 0.3) is 0 Å². The summed E-state index contributed by atoms with van der Waals surface area (Å²) in [6.45, 7) is 5.65. The number of nitrogens with zero attached hydrogens (tertiary/aromatic N) is 4. The van der Waals surface area contributed by atoms with Crippen LogP contribution in [0, 0.1) is 5.41 Å². The predicted octanol–water partition coefficient (Wildman–Crippen LogP) is 6.97. The van der Waals surface area contributed by atoms with Crippen LogP contribution < -0.4 is 44.4 Å². The Morgan fingerprint density at radius 2 is 1.44 bits per heavy atom. The summed E-state index contributed by atoms with van der Waals surface area (Å²) >= 11 is 0. The summed E-state index contributed by atoms with van der Waals surface area (Å²) in [5, 5.41) is 16.7. The summed E-state index contributed by atoms with van der Waals surface area (Å²) < 4.78 is 40.0. The number of nitrogens with one attached hydrogen (secondary N) is 3. The highest BCUT2D eigenvalue weighted by molar-refractivity contribution is 6.38. The lowest BCUT2D eigenvalue weighted by atomic mass is 9.84. The minimum absolute atomic E-state index is 0.121. The molecular formula is C59H71N7O15. The molecular weight excluding hydrogens is 1050 g/mol. The molecule has 22 heteroatoms. The number of ether oxygens (including phenoxy) is 7. The minimum Gasteiger partial charge on any atom is -0.493 e. The Morgan fingerprint density at radius 1 is 0.765 bits per heavy atom. The predicted molar refractivity (Wildman–Crippen MR) is 294 cm³/mol. The smallest absolute Gasteiger partial charge is 0.329 e. The number of hydrogen-bond acceptors (Lipinski definition) is 17. The third-order valence-corrected chi connectivity index (χ3v) is 14.6. The third kappa shape index (κ3) is 15.2. The molecule has 3 N–H and O–H groups in total. The van der Waals surface area contributed by atoms with Crippen molar-refractivity contribution in [3.05, 3.63) is 95.1 Å². The zero-order chi connectivity index (χ0) is 58.2. The van der Waals surface area contributed by atoms with Gasteiger partial charge in [0.15, 0.2) is 36.2 Å². The fourth-order valence-corrected chi connectivity index (χ4v) is 9.59. The highest BCUT2D eigenvalue weighted by Crippen LogP contribution is 2.42. The standard InChI is InChI=1S/C59H71N7O15/c1-8-59(2,3)54(70)57(73)65-28-12-9-19-44(65)58(74)81-45(23-20-36-21-24-46(75-4)47(29-36)76-5)37-15-13-16-39(30-37)79-34-51(68)60-26-10-11-27-61-52(69)35-80-53-48(77-6)31-38(32-49(53)78-7)63-64-42-18-14-17-40-41(42)33-66(56(40)72)43-22-25-50(67)62-55(43)71/h13-18,21,24,29-32,43-45H,8-12,19-20,22-23,25-28,33-35H2,1-7H3,(H,60,68)(H,61,69)(H,62,67,71)/t43?,44-,45+/m0/s1. The van der Waals surface area contributed by atoms with Crippen LogP contribution in [0.3, 0.4) is 0 Å². The largest absolute Gasteiger partial charge is 0.493 e. The number of imide groups is 1. The molecule has 7 rings (SSSR count). The van der Waals surface area contributed by atoms with E-state index < -0.39 is 53.1 Å². The summed E-state index contributed by atoms with van der Waals surface area (Å²) in [7, 11) is 5.95. The van der Waals surface area contributed by atoms with Crippen molar-refractivity contribution in [2.45, 2.75) is 110 Å². The first-order valence-corrected chi connectivity index (χ1v) is 27.1. The lowest BCUT2D eigenvalue weighted by molar-refractivity contribution is -0.164. The number of unbranched alkanes of at least 4 members (excludes halogenated alkanes) is 1. The Morgan fingerprint density at radius 3 is 2.11 bits per heavy atom. The molecule has 0 aliphatic carbocycles. The van der Waals surface area contributed by atoms with Gasteiger partial charge in [-0.2, -0.15) is 10.2 Å². The van der Waals surface area contributed by atoms with E-state index in [1.165, 1.54) is 24.0 Å². The summed E-state index contributed by atoms with van der Waals surface area (Å²) in [6, 6.07) is 18.9. The number of ketones is 1. The molecule has 0 saturated carbocycles. The molecule has 432 valence electrons. The number of carbonyl (C=O) groups is 8. The number of piperidine rings is 2. The maximum absolute atomic E-state index is 14.1. The Labute approximate surface area is 470 Å². The highest BCUT2D eigenvalue weighted by atomic mass is 16.6. The van der Waals surface area contributed by atoms with Crippen LogP contribution in [0.5, 0.6) is 34.5 Å². The van der Waals surface area contributed by atoms with Gasteiger partial charge in [-0.25, -0.2) is 4.79 Å². The van der Waals surface area contributed by atoms with Gasteiger partial charge in [0.25, 0.3) is 23.6 Å². The second-order valence-corrected chi connectivity index (χ2v) is 20.4. The fraction of sp³-hybridized carbons (Fsp3) is 0.458. The van der Waals surface area contributed by atoms with Gasteiger partial charge < -0.3 is 53.6 Å². The van der Waals surface area contributed by atoms with Gasteiger partial charge in [0, 0.05) is 61.3 Å². The van der Waals surface area contributed by atoms with Crippen molar-refractivity contribution in [1.82, 2.24) is 25.8 Å². The average molecular weight is 1120 g/mol. The van der Waals surface area contributed by atoms with Gasteiger partial charge in [-0.05, 0) is 105 Å². The highest BCUT2D eigenvalue weighted by Gasteiger charge is 2.42. The average Bonchev–Trinajstić information content (AvgIpc) is 3.92. The number of Topliss-reactive ketones (excluding diaryl/α,β-unsaturated/α-hetero) is 1. The van der Waals surface area contributed by atoms with Crippen LogP contribution in [0.4, 0.5) is 11.4 Å². The molecule has 22 nitrogen and oxygen atoms in total. The van der Waals surface area contributed by atoms with Crippen molar-refractivity contribution in [3.63, 3.8) is 0 Å². The molecule has 3 aliphatic heterocycles. The number of aryl methyl sites for hydroxylation is 1. The van der Waals surface area contributed by atoms with E-state index in [1.54, 1.807) is 88.7 Å². The Balaban J connectivity index is 0.875. The van der Waals surface area contributed by atoms with Gasteiger partial charge in [-0.15, -0.1) is 0 Å². The maximum Gasteiger partial charge on any atom is 0.329 e. The van der Waals surface area contributed by atoms with Crippen molar-refractivity contribution in [2.24, 2.45) is 15.6 Å². The maximum atomic E-state index is 14.1. The monoisotopic (exact) mass is 1120 g/mol. The molecule has 81 heavy (non-hydrogen) atoms. The third-order valence-electron chi connectivity index (χ3n) is 14.6. The van der Waals surface area contributed by atoms with E-state index in [0.717, 1.165) is 5.56 Å². The van der Waals surface area contributed by atoms with E-state index in [4.69, 9.17) is 33.2 Å². The van der Waals surface area contributed by atoms with E-state index in [0.29, 0.717) is 110 Å². The Kier molecular flexibility index (Phi) is 20.8. The number of azo groups is 1. The van der Waals surface area contributed by atoms with E-state index >= 15 is 0 Å². The van der Waals surface area contributed by atoms with E-state index in [1.807, 2.05) is 19.1 Å². The van der Waals surface area contributed by atoms with E-state index in [9.17, 15) is 38.4 Å². The van der Waals surface area contributed by atoms with Crippen LogP contribution in [0.1, 0.15) is 112 Å². The molecule has 0 spiro atoms. The van der Waals surface area contributed by atoms with Gasteiger partial charge in [-0.3, -0.25) is 38.9 Å². The molecule has 4 aromatic carbocycles. The van der Waals surface area contributed by atoms with Crippen LogP contribution in [-0.2, 0) is 51.3 Å². The molecule has 6 amide bonds. The summed E-state index contributed by atoms with van der Waals surface area (Å²) in [5.74, 6) is -1.74. The molecule has 0 radical (unpaired) electrons. The zero-order valence-corrected chi connectivity index (χ0v) is 46.9. The molecule has 3 heterocycles. The number of benzene rings is 4. The van der Waals surface area contributed by atoms with Crippen molar-refractivity contribution in [1.29, 1.82) is 0 Å². The van der Waals surface area contributed by atoms with Crippen molar-refractivity contribution in [2.75, 3.05) is 61.3 Å². The van der Waals surface area contributed by atoms with Gasteiger partial charge >= 0.3 is 5.97 Å². The quantitative estimate of drug-likeness (QED) is 0.0179. The molecule has 2 fully saturated rings. The van der Waals surface area contributed by atoms with Crippen molar-refractivity contribution < 1.29 is 71.5 Å². The first kappa shape index (κ1) is 60.1. The Hall–Kier alpha value is -8.56. The second kappa shape index (κ2) is 28.0. The first-order valence-electron chi connectivity index (χ1n) is 27.1. The molecule has 0 bridgehead atoms. The molecule has 4 aromatic rings. The SMILES string of the molecule is CCC(C)(C)C(=O)C(=O)N1CCCC[C@H]1C(=O)O[C@H](CCc1ccc(OC)c(OC)c1)c1cccc(OCC(=O)NCCCCNC(=O)COc2c(OC)cc(N=Nc3cccc4c3CN(C3CCC(=O)NC3=O)C4=O)cc2OC)c1. The van der Waals surface area contributed by atoms with Crippen molar-refractivity contribution >= 4 is 58.6 Å². The lowest BCUT2D eigenvalue weighted by Gasteiger charge is -2.36. The Bertz CT molecular complexity index is 2990. The van der Waals surface area contributed by atoms with Gasteiger partial charge in [-0.1, -0.05) is 45.0 Å². The summed E-state index contributed by atoms with van der Waals surface area (Å²) in [4.78, 5) is 107. The zero-order valence-electron chi connectivity index (χ0n) is 46.9. The number of amides is 6. The molecule has 3 aliphatic rings. The number of likely N-dealkylation sites (tertiary alicyclic amines) is 1. The van der Waals surface area contributed by atoms with Gasteiger partial charge in [0.1, 0.15) is 23.9 Å². The molecule has 3 atom stereocenters. The van der Waals surface area contributed by atoms with E-state index in [-0.39, 0.29) is 74.1 Å². The molecule has 2 saturated heterocycles. The fourth-order valence-electron chi connectivity index (χ4n) is 9.59. The van der Waals surface area contributed by atoms with Gasteiger partial charge in [0.05, 0.1) is 39.8 Å². The summed E-state index contributed by atoms with van der Waals surface area (Å²) in [6.07, 6.45) is 3.66. The van der Waals surface area contributed by atoms with E-state index in [2.05, 4.69) is 26.2 Å². The first-order chi connectivity index (χ1) is 39.0. The summed E-state index contributed by atoms with van der Waals surface area (Å²) in [5.41, 5.74) is 2.36. The van der Waals surface area contributed by atoms with Crippen molar-refractivity contribution in [3.8, 4) is 34.5 Å². The van der Waals surface area contributed by atoms with Crippen LogP contribution in [0.2, 0.25) is 0 Å². The number of hydrogen-bond donors (Lipinski definition) is 3. The number of fused-ring (bicyclic) bond motifs is 1. The lowest BCUT2D eigenvalue weighted by Crippen LogP contribution is -2.53.